The summed E-state index contributed by atoms with van der Waals surface area (Å²) in [6.07, 6.45) is 9.07. The van der Waals surface area contributed by atoms with Crippen molar-refractivity contribution >= 4 is 11.9 Å². The van der Waals surface area contributed by atoms with Crippen molar-refractivity contribution in [3.05, 3.63) is 12.7 Å². The van der Waals surface area contributed by atoms with Crippen molar-refractivity contribution in [1.82, 2.24) is 29.7 Å². The maximum absolute atomic E-state index is 4.45. The predicted molar refractivity (Wildman–Crippen MR) is 79.4 cm³/mol. The van der Waals surface area contributed by atoms with Crippen LogP contribution < -0.4 is 10.6 Å². The average Bonchev–Trinajstić information content (AvgIpc) is 3.01. The quantitative estimate of drug-likeness (QED) is 0.883. The topological polar surface area (TPSA) is 93.4 Å². The van der Waals surface area contributed by atoms with Crippen LogP contribution in [0, 0.1) is 0 Å². The first-order valence-corrected chi connectivity index (χ1v) is 7.26. The first-order chi connectivity index (χ1) is 10.2. The van der Waals surface area contributed by atoms with Gasteiger partial charge in [0.15, 0.2) is 0 Å². The van der Waals surface area contributed by atoms with E-state index in [9.17, 15) is 0 Å². The van der Waals surface area contributed by atoms with Crippen molar-refractivity contribution in [2.75, 3.05) is 17.7 Å². The standard InChI is InChI=1S/C13H20N8/c1-13(6-4-3-5-7-13)20-11-17-10(14-2)18-12(19-11)21-9-15-8-16-21/h8-9H,3-7H2,1-2H3,(H2,14,17,18,19,20). The summed E-state index contributed by atoms with van der Waals surface area (Å²) in [6.45, 7) is 2.23. The molecule has 0 radical (unpaired) electrons. The lowest BCUT2D eigenvalue weighted by molar-refractivity contribution is 0.347. The lowest BCUT2D eigenvalue weighted by atomic mass is 9.83. The Morgan fingerprint density at radius 3 is 2.52 bits per heavy atom. The molecule has 3 rings (SSSR count). The lowest BCUT2D eigenvalue weighted by Gasteiger charge is -2.34. The average molecular weight is 288 g/mol. The normalized spacial score (nSPS) is 17.4. The number of anilines is 2. The van der Waals surface area contributed by atoms with Crippen molar-refractivity contribution in [2.45, 2.75) is 44.6 Å². The molecule has 21 heavy (non-hydrogen) atoms. The predicted octanol–water partition coefficient (Wildman–Crippen LogP) is 1.63. The number of nitrogens with one attached hydrogen (secondary N) is 2. The highest BCUT2D eigenvalue weighted by atomic mass is 15.4. The molecule has 0 aliphatic heterocycles. The smallest absolute Gasteiger partial charge is 0.258 e. The summed E-state index contributed by atoms with van der Waals surface area (Å²) in [7, 11) is 1.78. The van der Waals surface area contributed by atoms with Crippen LogP contribution in [0.4, 0.5) is 11.9 Å². The maximum atomic E-state index is 4.45. The van der Waals surface area contributed by atoms with Crippen LogP contribution in [0.5, 0.6) is 0 Å². The van der Waals surface area contributed by atoms with E-state index in [1.807, 2.05) is 0 Å². The number of hydrogen-bond acceptors (Lipinski definition) is 7. The van der Waals surface area contributed by atoms with Gasteiger partial charge in [0.2, 0.25) is 11.9 Å². The third-order valence-electron chi connectivity index (χ3n) is 3.84. The summed E-state index contributed by atoms with van der Waals surface area (Å²) >= 11 is 0. The lowest BCUT2D eigenvalue weighted by Crippen LogP contribution is -2.37. The van der Waals surface area contributed by atoms with Crippen LogP contribution in [0.1, 0.15) is 39.0 Å². The van der Waals surface area contributed by atoms with Crippen molar-refractivity contribution in [2.24, 2.45) is 0 Å². The van der Waals surface area contributed by atoms with E-state index in [1.54, 1.807) is 13.4 Å². The first kappa shape index (κ1) is 13.7. The highest BCUT2D eigenvalue weighted by Crippen LogP contribution is 2.30. The Morgan fingerprint density at radius 1 is 1.10 bits per heavy atom. The molecule has 112 valence electrons. The molecule has 1 aliphatic rings. The Balaban J connectivity index is 1.89. The van der Waals surface area contributed by atoms with Gasteiger partial charge in [-0.3, -0.25) is 0 Å². The minimum absolute atomic E-state index is 0.0459. The molecular formula is C13H20N8. The zero-order valence-electron chi connectivity index (χ0n) is 12.4. The van der Waals surface area contributed by atoms with Gasteiger partial charge >= 0.3 is 0 Å². The van der Waals surface area contributed by atoms with Crippen LogP contribution >= 0.6 is 0 Å². The van der Waals surface area contributed by atoms with E-state index < -0.39 is 0 Å². The summed E-state index contributed by atoms with van der Waals surface area (Å²) < 4.78 is 1.52. The van der Waals surface area contributed by atoms with Gasteiger partial charge in [-0.2, -0.15) is 24.7 Å². The van der Waals surface area contributed by atoms with E-state index in [0.29, 0.717) is 17.8 Å². The molecular weight excluding hydrogens is 268 g/mol. The summed E-state index contributed by atoms with van der Waals surface area (Å²) in [4.78, 5) is 17.1. The van der Waals surface area contributed by atoms with Gasteiger partial charge in [-0.05, 0) is 19.8 Å². The van der Waals surface area contributed by atoms with Crippen LogP contribution in [0.2, 0.25) is 0 Å². The zero-order chi connectivity index (χ0) is 14.7. The Labute approximate surface area is 123 Å². The third kappa shape index (κ3) is 3.09. The summed E-state index contributed by atoms with van der Waals surface area (Å²) in [6, 6.07) is 0. The molecule has 2 heterocycles. The van der Waals surface area contributed by atoms with Crippen molar-refractivity contribution in [3.8, 4) is 5.95 Å². The van der Waals surface area contributed by atoms with Gasteiger partial charge in [-0.25, -0.2) is 4.98 Å². The van der Waals surface area contributed by atoms with Crippen LogP contribution in [-0.2, 0) is 0 Å². The monoisotopic (exact) mass is 288 g/mol. The van der Waals surface area contributed by atoms with E-state index >= 15 is 0 Å². The molecule has 0 amide bonds. The van der Waals surface area contributed by atoms with Gasteiger partial charge in [0.25, 0.3) is 5.95 Å². The third-order valence-corrected chi connectivity index (χ3v) is 3.84. The second-order valence-corrected chi connectivity index (χ2v) is 5.62. The van der Waals surface area contributed by atoms with Gasteiger partial charge in [0.05, 0.1) is 0 Å². The van der Waals surface area contributed by atoms with Gasteiger partial charge in [0, 0.05) is 12.6 Å². The number of nitrogens with zero attached hydrogens (tertiary/aromatic N) is 6. The minimum atomic E-state index is 0.0459. The Morgan fingerprint density at radius 2 is 1.86 bits per heavy atom. The molecule has 8 heteroatoms. The number of rotatable bonds is 4. The fourth-order valence-electron chi connectivity index (χ4n) is 2.67. The molecule has 1 aliphatic carbocycles. The molecule has 2 N–H and O–H groups in total. The fourth-order valence-corrected chi connectivity index (χ4v) is 2.67. The molecule has 8 nitrogen and oxygen atoms in total. The molecule has 0 atom stereocenters. The SMILES string of the molecule is CNc1nc(NC2(C)CCCCC2)nc(-n2cncn2)n1. The van der Waals surface area contributed by atoms with E-state index in [0.717, 1.165) is 12.8 Å². The van der Waals surface area contributed by atoms with E-state index in [1.165, 1.54) is 30.3 Å². The molecule has 0 aromatic carbocycles. The van der Waals surface area contributed by atoms with Gasteiger partial charge in [0.1, 0.15) is 12.7 Å². The van der Waals surface area contributed by atoms with Crippen molar-refractivity contribution in [3.63, 3.8) is 0 Å². The molecule has 1 fully saturated rings. The molecule has 0 unspecified atom stereocenters. The van der Waals surface area contributed by atoms with Crippen LogP contribution in [0.3, 0.4) is 0 Å². The molecule has 1 saturated carbocycles. The zero-order valence-corrected chi connectivity index (χ0v) is 12.4. The minimum Gasteiger partial charge on any atom is -0.357 e. The Bertz CT molecular complexity index is 588. The van der Waals surface area contributed by atoms with Crippen molar-refractivity contribution in [1.29, 1.82) is 0 Å². The van der Waals surface area contributed by atoms with E-state index in [-0.39, 0.29) is 5.54 Å². The molecule has 2 aromatic rings. The van der Waals surface area contributed by atoms with E-state index in [4.69, 9.17) is 0 Å². The van der Waals surface area contributed by atoms with Gasteiger partial charge in [-0.1, -0.05) is 19.3 Å². The number of hydrogen-bond donors (Lipinski definition) is 2. The molecule has 2 aromatic heterocycles. The van der Waals surface area contributed by atoms with Crippen LogP contribution in [0.15, 0.2) is 12.7 Å². The summed E-state index contributed by atoms with van der Waals surface area (Å²) in [5.74, 6) is 1.54. The Hall–Kier alpha value is -2.25. The van der Waals surface area contributed by atoms with E-state index in [2.05, 4.69) is 42.6 Å². The second kappa shape index (κ2) is 5.63. The number of aromatic nitrogens is 6. The Kier molecular flexibility index (Phi) is 3.68. The first-order valence-electron chi connectivity index (χ1n) is 7.26. The molecule has 0 spiro atoms. The van der Waals surface area contributed by atoms with Crippen molar-refractivity contribution < 1.29 is 0 Å². The maximum Gasteiger partial charge on any atom is 0.258 e. The van der Waals surface area contributed by atoms with Crippen LogP contribution in [-0.4, -0.2) is 42.3 Å². The largest absolute Gasteiger partial charge is 0.357 e. The van der Waals surface area contributed by atoms with Gasteiger partial charge < -0.3 is 10.6 Å². The second-order valence-electron chi connectivity index (χ2n) is 5.62. The highest BCUT2D eigenvalue weighted by Gasteiger charge is 2.27. The van der Waals surface area contributed by atoms with Crippen LogP contribution in [0.25, 0.3) is 5.95 Å². The fraction of sp³-hybridized carbons (Fsp3) is 0.615. The molecule has 0 bridgehead atoms. The highest BCUT2D eigenvalue weighted by molar-refractivity contribution is 5.39. The molecule has 0 saturated heterocycles. The van der Waals surface area contributed by atoms with Gasteiger partial charge in [-0.15, -0.1) is 0 Å². The summed E-state index contributed by atoms with van der Waals surface area (Å²) in [5, 5.41) is 10.5. The summed E-state index contributed by atoms with van der Waals surface area (Å²) in [5.41, 5.74) is 0.0459.